The Morgan fingerprint density at radius 2 is 1.54 bits per heavy atom. The molecule has 2 amide bonds. The zero-order valence-corrected chi connectivity index (χ0v) is 13.2. The van der Waals surface area contributed by atoms with E-state index >= 15 is 0 Å². The normalized spacial score (nSPS) is 10.2. The highest BCUT2D eigenvalue weighted by molar-refractivity contribution is 7.13. The lowest BCUT2D eigenvalue weighted by molar-refractivity contribution is 0.0997. The van der Waals surface area contributed by atoms with E-state index in [1.54, 1.807) is 60.1 Å². The van der Waals surface area contributed by atoms with Gasteiger partial charge in [0, 0.05) is 22.7 Å². The first-order valence-corrected chi connectivity index (χ1v) is 7.88. The molecule has 24 heavy (non-hydrogen) atoms. The number of aromatic nitrogens is 1. The van der Waals surface area contributed by atoms with Crippen molar-refractivity contribution in [3.8, 4) is 11.5 Å². The number of benzene rings is 2. The highest BCUT2D eigenvalue weighted by Crippen LogP contribution is 2.22. The SMILES string of the molecule is NC(=O)c1ccc(Oc2ccc(C(=O)Nc3nccs3)cc2)cc1. The van der Waals surface area contributed by atoms with Crippen molar-refractivity contribution in [1.29, 1.82) is 0 Å². The number of carbonyl (C=O) groups is 2. The molecule has 6 nitrogen and oxygen atoms in total. The Morgan fingerprint density at radius 3 is 2.04 bits per heavy atom. The van der Waals surface area contributed by atoms with Crippen LogP contribution in [-0.4, -0.2) is 16.8 Å². The number of carbonyl (C=O) groups excluding carboxylic acids is 2. The van der Waals surface area contributed by atoms with Crippen molar-refractivity contribution < 1.29 is 14.3 Å². The van der Waals surface area contributed by atoms with Gasteiger partial charge in [0.1, 0.15) is 11.5 Å². The number of primary amides is 1. The van der Waals surface area contributed by atoms with Gasteiger partial charge in [-0.3, -0.25) is 14.9 Å². The highest BCUT2D eigenvalue weighted by Gasteiger charge is 2.08. The Labute approximate surface area is 141 Å². The van der Waals surface area contributed by atoms with E-state index in [-0.39, 0.29) is 5.91 Å². The fourth-order valence-electron chi connectivity index (χ4n) is 1.95. The molecular weight excluding hydrogens is 326 g/mol. The molecule has 3 rings (SSSR count). The van der Waals surface area contributed by atoms with E-state index in [0.717, 1.165) is 0 Å². The fraction of sp³-hybridized carbons (Fsp3) is 0. The molecule has 3 N–H and O–H groups in total. The number of hydrogen-bond acceptors (Lipinski definition) is 5. The van der Waals surface area contributed by atoms with E-state index in [2.05, 4.69) is 10.3 Å². The second-order valence-electron chi connectivity index (χ2n) is 4.81. The first-order valence-electron chi connectivity index (χ1n) is 7.00. The third-order valence-corrected chi connectivity index (χ3v) is 3.83. The van der Waals surface area contributed by atoms with Crippen LogP contribution in [0.4, 0.5) is 5.13 Å². The number of amides is 2. The summed E-state index contributed by atoms with van der Waals surface area (Å²) in [5.41, 5.74) is 6.10. The summed E-state index contributed by atoms with van der Waals surface area (Å²) in [6.45, 7) is 0. The smallest absolute Gasteiger partial charge is 0.257 e. The second kappa shape index (κ2) is 6.93. The van der Waals surface area contributed by atoms with Gasteiger partial charge in [0.2, 0.25) is 5.91 Å². The van der Waals surface area contributed by atoms with E-state index in [9.17, 15) is 9.59 Å². The first kappa shape index (κ1) is 15.7. The molecule has 0 spiro atoms. The standard InChI is InChI=1S/C17H13N3O3S/c18-15(21)11-1-5-13(6-2-11)23-14-7-3-12(4-8-14)16(22)20-17-19-9-10-24-17/h1-10H,(H2,18,21)(H,19,20,22). The summed E-state index contributed by atoms with van der Waals surface area (Å²) in [5.74, 6) is 0.423. The molecule has 0 unspecified atom stereocenters. The number of nitrogens with zero attached hydrogens (tertiary/aromatic N) is 1. The molecule has 0 aliphatic carbocycles. The van der Waals surface area contributed by atoms with Crippen LogP contribution in [0.3, 0.4) is 0 Å². The summed E-state index contributed by atoms with van der Waals surface area (Å²) in [6, 6.07) is 13.2. The molecule has 2 aromatic carbocycles. The minimum Gasteiger partial charge on any atom is -0.457 e. The quantitative estimate of drug-likeness (QED) is 0.746. The maximum absolute atomic E-state index is 12.1. The van der Waals surface area contributed by atoms with Crippen LogP contribution in [0.1, 0.15) is 20.7 Å². The molecule has 0 atom stereocenters. The van der Waals surface area contributed by atoms with E-state index in [1.165, 1.54) is 11.3 Å². The maximum atomic E-state index is 12.1. The number of rotatable bonds is 5. The van der Waals surface area contributed by atoms with Crippen LogP contribution in [0.25, 0.3) is 0 Å². The third kappa shape index (κ3) is 3.76. The molecule has 3 aromatic rings. The number of thiazole rings is 1. The van der Waals surface area contributed by atoms with Gasteiger partial charge in [-0.2, -0.15) is 0 Å². The van der Waals surface area contributed by atoms with Crippen LogP contribution in [0.5, 0.6) is 11.5 Å². The maximum Gasteiger partial charge on any atom is 0.257 e. The minimum absolute atomic E-state index is 0.234. The Hall–Kier alpha value is -3.19. The van der Waals surface area contributed by atoms with E-state index in [0.29, 0.717) is 27.8 Å². The Bertz CT molecular complexity index is 844. The summed E-state index contributed by atoms with van der Waals surface area (Å²) in [6.07, 6.45) is 1.63. The Balaban J connectivity index is 1.65. The fourth-order valence-corrected chi connectivity index (χ4v) is 2.48. The van der Waals surface area contributed by atoms with Gasteiger partial charge in [0.15, 0.2) is 5.13 Å². The summed E-state index contributed by atoms with van der Waals surface area (Å²) in [7, 11) is 0. The van der Waals surface area contributed by atoms with Crippen LogP contribution in [0, 0.1) is 0 Å². The number of hydrogen-bond donors (Lipinski definition) is 2. The number of ether oxygens (including phenoxy) is 1. The molecule has 120 valence electrons. The Kier molecular flexibility index (Phi) is 4.53. The monoisotopic (exact) mass is 339 g/mol. The number of nitrogens with one attached hydrogen (secondary N) is 1. The summed E-state index contributed by atoms with van der Waals surface area (Å²) < 4.78 is 5.66. The average Bonchev–Trinajstić information content (AvgIpc) is 3.09. The molecule has 0 saturated heterocycles. The molecule has 0 aliphatic heterocycles. The average molecular weight is 339 g/mol. The van der Waals surface area contributed by atoms with Gasteiger partial charge in [-0.1, -0.05) is 0 Å². The zero-order valence-electron chi connectivity index (χ0n) is 12.4. The predicted octanol–water partition coefficient (Wildman–Crippen LogP) is 3.29. The van der Waals surface area contributed by atoms with Crippen molar-refractivity contribution >= 4 is 28.3 Å². The van der Waals surface area contributed by atoms with Crippen LogP contribution < -0.4 is 15.8 Å². The van der Waals surface area contributed by atoms with E-state index in [4.69, 9.17) is 10.5 Å². The van der Waals surface area contributed by atoms with Crippen LogP contribution in [0.15, 0.2) is 60.1 Å². The van der Waals surface area contributed by atoms with Gasteiger partial charge >= 0.3 is 0 Å². The van der Waals surface area contributed by atoms with E-state index in [1.807, 2.05) is 0 Å². The van der Waals surface area contributed by atoms with Gasteiger partial charge < -0.3 is 10.5 Å². The molecule has 0 fully saturated rings. The molecule has 7 heteroatoms. The van der Waals surface area contributed by atoms with Crippen molar-refractivity contribution in [3.05, 3.63) is 71.2 Å². The topological polar surface area (TPSA) is 94.3 Å². The van der Waals surface area contributed by atoms with Crippen molar-refractivity contribution in [2.75, 3.05) is 5.32 Å². The zero-order chi connectivity index (χ0) is 16.9. The van der Waals surface area contributed by atoms with Crippen molar-refractivity contribution in [2.24, 2.45) is 5.73 Å². The lowest BCUT2D eigenvalue weighted by atomic mass is 10.2. The lowest BCUT2D eigenvalue weighted by Crippen LogP contribution is -2.11. The lowest BCUT2D eigenvalue weighted by Gasteiger charge is -2.07. The van der Waals surface area contributed by atoms with E-state index < -0.39 is 5.91 Å². The molecular formula is C17H13N3O3S. The van der Waals surface area contributed by atoms with Gasteiger partial charge in [-0.05, 0) is 48.5 Å². The summed E-state index contributed by atoms with van der Waals surface area (Å²) in [4.78, 5) is 27.1. The summed E-state index contributed by atoms with van der Waals surface area (Å²) >= 11 is 1.35. The summed E-state index contributed by atoms with van der Waals surface area (Å²) in [5, 5.41) is 5.05. The molecule has 0 radical (unpaired) electrons. The predicted molar refractivity (Wildman–Crippen MR) is 91.5 cm³/mol. The van der Waals surface area contributed by atoms with Crippen molar-refractivity contribution in [2.45, 2.75) is 0 Å². The molecule has 1 heterocycles. The number of nitrogens with two attached hydrogens (primary N) is 1. The van der Waals surface area contributed by atoms with Gasteiger partial charge in [0.05, 0.1) is 0 Å². The largest absolute Gasteiger partial charge is 0.457 e. The number of anilines is 1. The van der Waals surface area contributed by atoms with Crippen LogP contribution in [-0.2, 0) is 0 Å². The van der Waals surface area contributed by atoms with Crippen molar-refractivity contribution in [1.82, 2.24) is 4.98 Å². The molecule has 1 aromatic heterocycles. The third-order valence-electron chi connectivity index (χ3n) is 3.14. The highest BCUT2D eigenvalue weighted by atomic mass is 32.1. The molecule has 0 saturated carbocycles. The van der Waals surface area contributed by atoms with Gasteiger partial charge in [-0.15, -0.1) is 11.3 Å². The van der Waals surface area contributed by atoms with Gasteiger partial charge in [-0.25, -0.2) is 4.98 Å². The molecule has 0 bridgehead atoms. The second-order valence-corrected chi connectivity index (χ2v) is 5.70. The van der Waals surface area contributed by atoms with Gasteiger partial charge in [0.25, 0.3) is 5.91 Å². The molecule has 0 aliphatic rings. The van der Waals surface area contributed by atoms with Crippen LogP contribution in [0.2, 0.25) is 0 Å². The van der Waals surface area contributed by atoms with Crippen molar-refractivity contribution in [3.63, 3.8) is 0 Å². The van der Waals surface area contributed by atoms with Crippen LogP contribution >= 0.6 is 11.3 Å². The Morgan fingerprint density at radius 1 is 0.958 bits per heavy atom. The minimum atomic E-state index is -0.489. The first-order chi connectivity index (χ1) is 11.6.